The van der Waals surface area contributed by atoms with E-state index >= 15 is 0 Å². The number of fused-ring (bicyclic) bond motifs is 4. The number of benzene rings is 2. The van der Waals surface area contributed by atoms with E-state index in [0.717, 1.165) is 45.8 Å². The normalized spacial score (nSPS) is 15.2. The number of hydrogen-bond donors (Lipinski definition) is 0. The third-order valence-electron chi connectivity index (χ3n) is 5.38. The summed E-state index contributed by atoms with van der Waals surface area (Å²) >= 11 is 0. The molecule has 0 aliphatic heterocycles. The van der Waals surface area contributed by atoms with Crippen molar-refractivity contribution in [3.8, 4) is 16.9 Å². The van der Waals surface area contributed by atoms with Gasteiger partial charge in [0, 0.05) is 17.4 Å². The fraction of sp³-hybridized carbons (Fsp3) is 0.227. The van der Waals surface area contributed by atoms with E-state index < -0.39 is 11.7 Å². The summed E-state index contributed by atoms with van der Waals surface area (Å²) in [5.74, 6) is 0. The second-order valence-electron chi connectivity index (χ2n) is 7.93. The molecule has 0 bridgehead atoms. The number of nitrogens with zero attached hydrogens (tertiary/aromatic N) is 4. The van der Waals surface area contributed by atoms with Gasteiger partial charge in [-0.2, -0.15) is 18.3 Å². The molecule has 0 amide bonds. The van der Waals surface area contributed by atoms with Crippen LogP contribution >= 0.6 is 0 Å². The number of rotatable bonds is 1. The highest BCUT2D eigenvalue weighted by Crippen LogP contribution is 2.42. The first-order chi connectivity index (χ1) is 13.7. The Morgan fingerprint density at radius 3 is 2.24 bits per heavy atom. The van der Waals surface area contributed by atoms with E-state index in [1.54, 1.807) is 10.9 Å². The number of hydrogen-bond acceptors (Lipinski definition) is 3. The zero-order valence-electron chi connectivity index (χ0n) is 15.8. The average Bonchev–Trinajstić information content (AvgIpc) is 3.09. The lowest BCUT2D eigenvalue weighted by molar-refractivity contribution is -0.137. The summed E-state index contributed by atoms with van der Waals surface area (Å²) in [5.41, 5.74) is 4.77. The standard InChI is InChI=1S/C22H17F3N4/c1-21(2)11-18-15(19-20(21)28-17-6-4-3-5-16(17)27-19)12-26-29(18)14-9-7-13(8-10-14)22(23,24)25/h3-10,12H,11H2,1-2H3. The van der Waals surface area contributed by atoms with Crippen LogP contribution in [-0.4, -0.2) is 19.7 Å². The van der Waals surface area contributed by atoms with E-state index in [4.69, 9.17) is 9.97 Å². The first kappa shape index (κ1) is 17.8. The zero-order chi connectivity index (χ0) is 20.4. The molecular formula is C22H17F3N4. The lowest BCUT2D eigenvalue weighted by Crippen LogP contribution is -2.29. The summed E-state index contributed by atoms with van der Waals surface area (Å²) in [6.07, 6.45) is -1.98. The van der Waals surface area contributed by atoms with E-state index in [1.807, 2.05) is 24.3 Å². The summed E-state index contributed by atoms with van der Waals surface area (Å²) in [7, 11) is 0. The molecule has 1 aliphatic rings. The average molecular weight is 394 g/mol. The van der Waals surface area contributed by atoms with Crippen LogP contribution in [0.1, 0.15) is 30.8 Å². The minimum Gasteiger partial charge on any atom is -0.248 e. The van der Waals surface area contributed by atoms with Crippen LogP contribution in [-0.2, 0) is 18.0 Å². The van der Waals surface area contributed by atoms with Crippen molar-refractivity contribution >= 4 is 11.0 Å². The Hall–Kier alpha value is -3.22. The van der Waals surface area contributed by atoms with Crippen molar-refractivity contribution in [2.24, 2.45) is 0 Å². The predicted molar refractivity (Wildman–Crippen MR) is 104 cm³/mol. The van der Waals surface area contributed by atoms with Crippen LogP contribution in [0.4, 0.5) is 13.2 Å². The van der Waals surface area contributed by atoms with Crippen molar-refractivity contribution in [3.05, 3.63) is 71.7 Å². The van der Waals surface area contributed by atoms with Crippen LogP contribution in [0.2, 0.25) is 0 Å². The topological polar surface area (TPSA) is 43.6 Å². The van der Waals surface area contributed by atoms with Gasteiger partial charge in [0.05, 0.1) is 45.6 Å². The van der Waals surface area contributed by atoms with Crippen LogP contribution in [0.3, 0.4) is 0 Å². The van der Waals surface area contributed by atoms with Gasteiger partial charge in [0.2, 0.25) is 0 Å². The summed E-state index contributed by atoms with van der Waals surface area (Å²) in [5, 5.41) is 4.47. The van der Waals surface area contributed by atoms with Gasteiger partial charge in [0.15, 0.2) is 0 Å². The Morgan fingerprint density at radius 1 is 0.931 bits per heavy atom. The largest absolute Gasteiger partial charge is 0.416 e. The molecule has 0 unspecified atom stereocenters. The Morgan fingerprint density at radius 2 is 1.59 bits per heavy atom. The highest BCUT2D eigenvalue weighted by Gasteiger charge is 2.37. The van der Waals surface area contributed by atoms with Crippen LogP contribution in [0.15, 0.2) is 54.7 Å². The van der Waals surface area contributed by atoms with Crippen molar-refractivity contribution in [1.29, 1.82) is 0 Å². The number of para-hydroxylation sites is 2. The molecule has 4 nitrogen and oxygen atoms in total. The van der Waals surface area contributed by atoms with E-state index in [1.165, 1.54) is 12.1 Å². The maximum Gasteiger partial charge on any atom is 0.416 e. The molecule has 0 saturated heterocycles. The third-order valence-corrected chi connectivity index (χ3v) is 5.38. The molecule has 0 atom stereocenters. The van der Waals surface area contributed by atoms with E-state index in [-0.39, 0.29) is 5.41 Å². The Kier molecular flexibility index (Phi) is 3.62. The second-order valence-corrected chi connectivity index (χ2v) is 7.93. The minimum atomic E-state index is -4.36. The molecule has 4 aromatic rings. The van der Waals surface area contributed by atoms with Crippen LogP contribution in [0, 0.1) is 0 Å². The fourth-order valence-electron chi connectivity index (χ4n) is 3.92. The van der Waals surface area contributed by atoms with Gasteiger partial charge >= 0.3 is 6.18 Å². The van der Waals surface area contributed by atoms with Gasteiger partial charge in [-0.05, 0) is 36.4 Å². The maximum atomic E-state index is 12.9. The molecule has 29 heavy (non-hydrogen) atoms. The molecule has 0 radical (unpaired) electrons. The molecule has 7 heteroatoms. The Balaban J connectivity index is 1.67. The summed E-state index contributed by atoms with van der Waals surface area (Å²) in [6.45, 7) is 4.20. The molecule has 2 aromatic heterocycles. The van der Waals surface area contributed by atoms with Gasteiger partial charge in [0.1, 0.15) is 0 Å². The smallest absolute Gasteiger partial charge is 0.248 e. The molecule has 146 valence electrons. The second kappa shape index (κ2) is 5.89. The summed E-state index contributed by atoms with van der Waals surface area (Å²) < 4.78 is 40.4. The molecule has 2 heterocycles. The van der Waals surface area contributed by atoms with Crippen molar-refractivity contribution < 1.29 is 13.2 Å². The Labute approximate surface area is 165 Å². The van der Waals surface area contributed by atoms with Gasteiger partial charge < -0.3 is 0 Å². The van der Waals surface area contributed by atoms with Gasteiger partial charge in [-0.3, -0.25) is 0 Å². The number of halogens is 3. The first-order valence-corrected chi connectivity index (χ1v) is 9.26. The highest BCUT2D eigenvalue weighted by molar-refractivity contribution is 5.80. The number of aromatic nitrogens is 4. The van der Waals surface area contributed by atoms with Crippen molar-refractivity contribution in [1.82, 2.24) is 19.7 Å². The molecule has 0 N–H and O–H groups in total. The molecule has 1 aliphatic carbocycles. The molecule has 0 fully saturated rings. The van der Waals surface area contributed by atoms with Gasteiger partial charge in [-0.1, -0.05) is 26.0 Å². The fourth-order valence-corrected chi connectivity index (χ4v) is 3.92. The van der Waals surface area contributed by atoms with Crippen LogP contribution in [0.25, 0.3) is 28.0 Å². The SMILES string of the molecule is CC1(C)Cc2c(cnn2-c2ccc(C(F)(F)F)cc2)-c2nc3ccccc3nc21. The monoisotopic (exact) mass is 394 g/mol. The van der Waals surface area contributed by atoms with Crippen molar-refractivity contribution in [3.63, 3.8) is 0 Å². The molecule has 5 rings (SSSR count). The lowest BCUT2D eigenvalue weighted by Gasteiger charge is -2.31. The van der Waals surface area contributed by atoms with Crippen molar-refractivity contribution in [2.75, 3.05) is 0 Å². The van der Waals surface area contributed by atoms with Gasteiger partial charge in [0.25, 0.3) is 0 Å². The van der Waals surface area contributed by atoms with Crippen LogP contribution in [0.5, 0.6) is 0 Å². The first-order valence-electron chi connectivity index (χ1n) is 9.26. The highest BCUT2D eigenvalue weighted by atomic mass is 19.4. The van der Waals surface area contributed by atoms with E-state index in [9.17, 15) is 13.2 Å². The summed E-state index contributed by atoms with van der Waals surface area (Å²) in [6, 6.07) is 12.8. The lowest BCUT2D eigenvalue weighted by atomic mass is 9.77. The summed E-state index contributed by atoms with van der Waals surface area (Å²) in [4.78, 5) is 9.71. The minimum absolute atomic E-state index is 0.289. The van der Waals surface area contributed by atoms with Crippen molar-refractivity contribution in [2.45, 2.75) is 31.9 Å². The van der Waals surface area contributed by atoms with E-state index in [2.05, 4.69) is 18.9 Å². The quantitative estimate of drug-likeness (QED) is 0.438. The zero-order valence-corrected chi connectivity index (χ0v) is 15.8. The van der Waals surface area contributed by atoms with Crippen LogP contribution < -0.4 is 0 Å². The van der Waals surface area contributed by atoms with Gasteiger partial charge in [-0.25, -0.2) is 14.6 Å². The maximum absolute atomic E-state index is 12.9. The predicted octanol–water partition coefficient (Wildman–Crippen LogP) is 5.34. The number of alkyl halides is 3. The molecular weight excluding hydrogens is 377 g/mol. The molecule has 0 spiro atoms. The molecule has 0 saturated carbocycles. The van der Waals surface area contributed by atoms with E-state index in [0.29, 0.717) is 12.1 Å². The van der Waals surface area contributed by atoms with Gasteiger partial charge in [-0.15, -0.1) is 0 Å². The molecule has 2 aromatic carbocycles. The Bertz CT molecular complexity index is 1240. The third kappa shape index (κ3) is 2.80.